The van der Waals surface area contributed by atoms with Crippen molar-refractivity contribution in [3.8, 4) is 11.4 Å². The Balaban J connectivity index is 1.54. The smallest absolute Gasteiger partial charge is 0.363 e. The molecule has 0 aliphatic heterocycles. The largest absolute Gasteiger partial charge is 0.493 e. The molecule has 8 heteroatoms. The summed E-state index contributed by atoms with van der Waals surface area (Å²) < 4.78 is 11.8. The number of para-hydroxylation sites is 1. The third kappa shape index (κ3) is 5.16. The zero-order valence-corrected chi connectivity index (χ0v) is 17.2. The van der Waals surface area contributed by atoms with Gasteiger partial charge in [0.1, 0.15) is 0 Å². The molecule has 1 amide bonds. The van der Waals surface area contributed by atoms with E-state index in [1.165, 1.54) is 11.8 Å². The van der Waals surface area contributed by atoms with Crippen LogP contribution in [0.4, 0.5) is 5.69 Å². The first-order valence-electron chi connectivity index (χ1n) is 9.37. The Morgan fingerprint density at radius 3 is 2.40 bits per heavy atom. The number of nitrogens with zero attached hydrogens (tertiary/aromatic N) is 3. The van der Waals surface area contributed by atoms with Gasteiger partial charge in [0.05, 0.1) is 19.0 Å². The Morgan fingerprint density at radius 2 is 1.77 bits per heavy atom. The lowest BCUT2D eigenvalue weighted by atomic mass is 10.2. The van der Waals surface area contributed by atoms with E-state index in [4.69, 9.17) is 9.47 Å². The predicted octanol–water partition coefficient (Wildman–Crippen LogP) is 2.42. The molecule has 3 aromatic rings. The van der Waals surface area contributed by atoms with E-state index >= 15 is 0 Å². The van der Waals surface area contributed by atoms with E-state index in [1.54, 1.807) is 6.20 Å². The maximum absolute atomic E-state index is 12.4. The van der Waals surface area contributed by atoms with E-state index in [0.717, 1.165) is 16.9 Å². The van der Waals surface area contributed by atoms with Crippen LogP contribution in [0.25, 0.3) is 5.69 Å². The molecule has 1 N–H and O–H groups in total. The van der Waals surface area contributed by atoms with Gasteiger partial charge in [-0.15, -0.1) is 0 Å². The van der Waals surface area contributed by atoms with Crippen LogP contribution in [-0.4, -0.2) is 49.5 Å². The molecule has 156 valence electrons. The van der Waals surface area contributed by atoms with Gasteiger partial charge in [0, 0.05) is 26.3 Å². The van der Waals surface area contributed by atoms with E-state index in [-0.39, 0.29) is 11.4 Å². The first-order valence-corrected chi connectivity index (χ1v) is 9.37. The number of methoxy groups -OCH3 is 1. The zero-order valence-electron chi connectivity index (χ0n) is 17.2. The lowest BCUT2D eigenvalue weighted by Crippen LogP contribution is -2.28. The number of hydrogen-bond donors (Lipinski definition) is 1. The summed E-state index contributed by atoms with van der Waals surface area (Å²) in [6.45, 7) is -0.0635. The average Bonchev–Trinajstić information content (AvgIpc) is 3.21. The Hall–Kier alpha value is -3.81. The van der Waals surface area contributed by atoms with Crippen molar-refractivity contribution in [1.29, 1.82) is 0 Å². The molecule has 0 spiro atoms. The van der Waals surface area contributed by atoms with Crippen LogP contribution in [-0.2, 0) is 16.1 Å². The molecule has 0 bridgehead atoms. The van der Waals surface area contributed by atoms with E-state index < -0.39 is 18.5 Å². The van der Waals surface area contributed by atoms with Crippen molar-refractivity contribution in [3.63, 3.8) is 0 Å². The highest BCUT2D eigenvalue weighted by Crippen LogP contribution is 2.20. The van der Waals surface area contributed by atoms with Gasteiger partial charge in [-0.05, 0) is 29.8 Å². The standard InChI is InChI=1S/C22H24N4O4/c1-25(2)17-11-9-16(10-12-17)13-23-20(27)15-30-22(28)21-19(29-3)14-26(24-21)18-7-5-4-6-8-18/h4-12,14H,13,15H2,1-3H3,(H,23,27). The third-order valence-electron chi connectivity index (χ3n) is 4.39. The molecular formula is C22H24N4O4. The molecule has 1 aromatic heterocycles. The number of carbonyl (C=O) groups excluding carboxylic acids is 2. The minimum absolute atomic E-state index is 0.00780. The normalized spacial score (nSPS) is 10.4. The van der Waals surface area contributed by atoms with Crippen molar-refractivity contribution >= 4 is 17.6 Å². The summed E-state index contributed by atoms with van der Waals surface area (Å²) >= 11 is 0. The fraction of sp³-hybridized carbons (Fsp3) is 0.227. The molecule has 0 saturated heterocycles. The molecule has 3 rings (SSSR count). The fourth-order valence-corrected chi connectivity index (χ4v) is 2.72. The number of rotatable bonds is 8. The Labute approximate surface area is 175 Å². The minimum atomic E-state index is -0.730. The summed E-state index contributed by atoms with van der Waals surface area (Å²) in [5.41, 5.74) is 2.80. The van der Waals surface area contributed by atoms with Crippen molar-refractivity contribution in [2.24, 2.45) is 0 Å². The molecular weight excluding hydrogens is 384 g/mol. The van der Waals surface area contributed by atoms with Crippen LogP contribution in [0, 0.1) is 0 Å². The first-order chi connectivity index (χ1) is 14.5. The van der Waals surface area contributed by atoms with Gasteiger partial charge in [-0.25, -0.2) is 9.48 Å². The Morgan fingerprint density at radius 1 is 1.07 bits per heavy atom. The summed E-state index contributed by atoms with van der Waals surface area (Å²) in [5.74, 6) is -0.862. The zero-order chi connectivity index (χ0) is 21.5. The number of ether oxygens (including phenoxy) is 2. The van der Waals surface area contributed by atoms with E-state index in [1.807, 2.05) is 73.6 Å². The molecule has 2 aromatic carbocycles. The molecule has 0 unspecified atom stereocenters. The first kappa shape index (κ1) is 20.9. The van der Waals surface area contributed by atoms with E-state index in [0.29, 0.717) is 6.54 Å². The SMILES string of the molecule is COc1cn(-c2ccccc2)nc1C(=O)OCC(=O)NCc1ccc(N(C)C)cc1. The molecule has 0 atom stereocenters. The number of benzene rings is 2. The van der Waals surface area contributed by atoms with Gasteiger partial charge in [0.2, 0.25) is 5.69 Å². The van der Waals surface area contributed by atoms with Crippen LogP contribution < -0.4 is 15.0 Å². The van der Waals surface area contributed by atoms with Crippen LogP contribution in [0.1, 0.15) is 16.1 Å². The van der Waals surface area contributed by atoms with Gasteiger partial charge >= 0.3 is 5.97 Å². The Bertz CT molecular complexity index is 998. The summed E-state index contributed by atoms with van der Waals surface area (Å²) in [6.07, 6.45) is 1.59. The highest BCUT2D eigenvalue weighted by molar-refractivity contribution is 5.92. The Kier molecular flexibility index (Phi) is 6.69. The lowest BCUT2D eigenvalue weighted by molar-refractivity contribution is -0.124. The maximum atomic E-state index is 12.4. The summed E-state index contributed by atoms with van der Waals surface area (Å²) in [4.78, 5) is 26.4. The number of aromatic nitrogens is 2. The average molecular weight is 408 g/mol. The predicted molar refractivity (Wildman–Crippen MR) is 113 cm³/mol. The molecule has 0 fully saturated rings. The molecule has 8 nitrogen and oxygen atoms in total. The van der Waals surface area contributed by atoms with Crippen LogP contribution in [0.15, 0.2) is 60.8 Å². The summed E-state index contributed by atoms with van der Waals surface area (Å²) in [5, 5.41) is 6.95. The van der Waals surface area contributed by atoms with Gasteiger partial charge < -0.3 is 19.7 Å². The maximum Gasteiger partial charge on any atom is 0.363 e. The second kappa shape index (κ2) is 9.60. The summed E-state index contributed by atoms with van der Waals surface area (Å²) in [6, 6.07) is 17.1. The number of anilines is 1. The van der Waals surface area contributed by atoms with E-state index in [2.05, 4.69) is 10.4 Å². The lowest BCUT2D eigenvalue weighted by Gasteiger charge is -2.13. The number of amides is 1. The monoisotopic (exact) mass is 408 g/mol. The second-order valence-electron chi connectivity index (χ2n) is 6.74. The summed E-state index contributed by atoms with van der Waals surface area (Å²) in [7, 11) is 5.36. The van der Waals surface area contributed by atoms with Crippen molar-refractivity contribution in [3.05, 3.63) is 72.1 Å². The van der Waals surface area contributed by atoms with Crippen LogP contribution in [0.3, 0.4) is 0 Å². The van der Waals surface area contributed by atoms with Gasteiger partial charge in [0.15, 0.2) is 12.4 Å². The van der Waals surface area contributed by atoms with Crippen molar-refractivity contribution < 1.29 is 19.1 Å². The van der Waals surface area contributed by atoms with Crippen LogP contribution >= 0.6 is 0 Å². The highest BCUT2D eigenvalue weighted by atomic mass is 16.5. The number of carbonyl (C=O) groups is 2. The highest BCUT2D eigenvalue weighted by Gasteiger charge is 2.20. The van der Waals surface area contributed by atoms with Crippen LogP contribution in [0.5, 0.6) is 5.75 Å². The molecule has 0 aliphatic carbocycles. The fourth-order valence-electron chi connectivity index (χ4n) is 2.72. The van der Waals surface area contributed by atoms with E-state index in [9.17, 15) is 9.59 Å². The number of esters is 1. The number of nitrogens with one attached hydrogen (secondary N) is 1. The number of hydrogen-bond acceptors (Lipinski definition) is 6. The minimum Gasteiger partial charge on any atom is -0.493 e. The molecule has 0 saturated carbocycles. The van der Waals surface area contributed by atoms with Gasteiger partial charge in [-0.3, -0.25) is 4.79 Å². The van der Waals surface area contributed by atoms with Crippen molar-refractivity contribution in [2.75, 3.05) is 32.7 Å². The van der Waals surface area contributed by atoms with Crippen molar-refractivity contribution in [2.45, 2.75) is 6.54 Å². The van der Waals surface area contributed by atoms with Gasteiger partial charge in [-0.2, -0.15) is 5.10 Å². The molecule has 0 radical (unpaired) electrons. The van der Waals surface area contributed by atoms with Gasteiger partial charge in [0.25, 0.3) is 5.91 Å². The van der Waals surface area contributed by atoms with Crippen LogP contribution in [0.2, 0.25) is 0 Å². The van der Waals surface area contributed by atoms with Crippen molar-refractivity contribution in [1.82, 2.24) is 15.1 Å². The second-order valence-corrected chi connectivity index (χ2v) is 6.74. The topological polar surface area (TPSA) is 85.7 Å². The third-order valence-corrected chi connectivity index (χ3v) is 4.39. The molecule has 1 heterocycles. The molecule has 30 heavy (non-hydrogen) atoms. The molecule has 0 aliphatic rings. The quantitative estimate of drug-likeness (QED) is 0.576. The van der Waals surface area contributed by atoms with Gasteiger partial charge in [-0.1, -0.05) is 30.3 Å².